The van der Waals surface area contributed by atoms with Crippen LogP contribution in [0.4, 0.5) is 17.1 Å². The van der Waals surface area contributed by atoms with Gasteiger partial charge in [-0.3, -0.25) is 0 Å². The highest BCUT2D eigenvalue weighted by atomic mass is 14.9. The van der Waals surface area contributed by atoms with E-state index < -0.39 is 0 Å². The van der Waals surface area contributed by atoms with Crippen molar-refractivity contribution in [2.75, 3.05) is 11.1 Å². The Kier molecular flexibility index (Phi) is 3.33. The summed E-state index contributed by atoms with van der Waals surface area (Å²) in [4.78, 5) is 0. The summed E-state index contributed by atoms with van der Waals surface area (Å²) in [5.41, 5.74) is 11.3. The molecule has 2 aromatic rings. The summed E-state index contributed by atoms with van der Waals surface area (Å²) in [7, 11) is 0. The molecule has 0 spiro atoms. The van der Waals surface area contributed by atoms with Crippen molar-refractivity contribution in [1.29, 1.82) is 0 Å². The third kappa shape index (κ3) is 2.78. The Morgan fingerprint density at radius 3 is 2.41 bits per heavy atom. The van der Waals surface area contributed by atoms with Gasteiger partial charge in [0.05, 0.1) is 0 Å². The zero-order chi connectivity index (χ0) is 12.3. The zero-order valence-electron chi connectivity index (χ0n) is 10.3. The minimum absolute atomic E-state index is 0.781. The van der Waals surface area contributed by atoms with E-state index in [2.05, 4.69) is 43.4 Å². The predicted octanol–water partition coefficient (Wildman–Crippen LogP) is 3.88. The summed E-state index contributed by atoms with van der Waals surface area (Å²) in [6, 6.07) is 14.4. The molecule has 0 saturated carbocycles. The van der Waals surface area contributed by atoms with Gasteiger partial charge < -0.3 is 11.1 Å². The van der Waals surface area contributed by atoms with Gasteiger partial charge in [-0.1, -0.05) is 25.1 Å². The molecule has 0 saturated heterocycles. The van der Waals surface area contributed by atoms with Crippen LogP contribution in [0.2, 0.25) is 0 Å². The summed E-state index contributed by atoms with van der Waals surface area (Å²) in [5.74, 6) is 0. The van der Waals surface area contributed by atoms with E-state index in [0.29, 0.717) is 0 Å². The maximum Gasteiger partial charge on any atom is 0.0434 e. The zero-order valence-corrected chi connectivity index (χ0v) is 10.3. The van der Waals surface area contributed by atoms with Crippen molar-refractivity contribution in [3.8, 4) is 0 Å². The quantitative estimate of drug-likeness (QED) is 0.779. The minimum Gasteiger partial charge on any atom is -0.399 e. The van der Waals surface area contributed by atoms with E-state index in [1.165, 1.54) is 11.1 Å². The molecule has 0 aliphatic carbocycles. The lowest BCUT2D eigenvalue weighted by Gasteiger charge is -2.10. The lowest BCUT2D eigenvalue weighted by Crippen LogP contribution is -1.95. The first kappa shape index (κ1) is 11.5. The SMILES string of the molecule is CCc1ccc(Nc2cc(N)ccc2C)cc1. The van der Waals surface area contributed by atoms with Gasteiger partial charge in [-0.05, 0) is 48.7 Å². The largest absolute Gasteiger partial charge is 0.399 e. The number of benzene rings is 2. The second kappa shape index (κ2) is 4.91. The number of hydrogen-bond donors (Lipinski definition) is 2. The monoisotopic (exact) mass is 226 g/mol. The molecular weight excluding hydrogens is 208 g/mol. The summed E-state index contributed by atoms with van der Waals surface area (Å²) in [6.07, 6.45) is 1.07. The molecular formula is C15H18N2. The van der Waals surface area contributed by atoms with Gasteiger partial charge in [0, 0.05) is 17.1 Å². The molecule has 2 nitrogen and oxygen atoms in total. The molecule has 0 aliphatic rings. The van der Waals surface area contributed by atoms with Gasteiger partial charge in [-0.2, -0.15) is 0 Å². The molecule has 0 radical (unpaired) electrons. The molecule has 0 fully saturated rings. The highest BCUT2D eigenvalue weighted by Gasteiger charge is 1.99. The average Bonchev–Trinajstić information content (AvgIpc) is 2.35. The van der Waals surface area contributed by atoms with Gasteiger partial charge in [-0.25, -0.2) is 0 Å². The van der Waals surface area contributed by atoms with E-state index in [4.69, 9.17) is 5.73 Å². The van der Waals surface area contributed by atoms with E-state index >= 15 is 0 Å². The molecule has 2 aromatic carbocycles. The van der Waals surface area contributed by atoms with Gasteiger partial charge in [0.1, 0.15) is 0 Å². The molecule has 0 unspecified atom stereocenters. The molecule has 3 N–H and O–H groups in total. The fourth-order valence-electron chi connectivity index (χ4n) is 1.75. The van der Waals surface area contributed by atoms with Gasteiger partial charge >= 0.3 is 0 Å². The first-order chi connectivity index (χ1) is 8.19. The van der Waals surface area contributed by atoms with Crippen LogP contribution in [0.5, 0.6) is 0 Å². The van der Waals surface area contributed by atoms with E-state index in [-0.39, 0.29) is 0 Å². The number of anilines is 3. The fourth-order valence-corrected chi connectivity index (χ4v) is 1.75. The van der Waals surface area contributed by atoms with Crippen LogP contribution in [0.1, 0.15) is 18.1 Å². The van der Waals surface area contributed by atoms with Crippen molar-refractivity contribution in [2.45, 2.75) is 20.3 Å². The van der Waals surface area contributed by atoms with Crippen molar-refractivity contribution in [1.82, 2.24) is 0 Å². The Balaban J connectivity index is 2.22. The number of nitrogens with one attached hydrogen (secondary N) is 1. The third-order valence-electron chi connectivity index (χ3n) is 2.90. The van der Waals surface area contributed by atoms with E-state index in [1.54, 1.807) is 0 Å². The van der Waals surface area contributed by atoms with Crippen molar-refractivity contribution >= 4 is 17.1 Å². The fraction of sp³-hybridized carbons (Fsp3) is 0.200. The van der Waals surface area contributed by atoms with Crippen molar-refractivity contribution in [3.05, 3.63) is 53.6 Å². The van der Waals surface area contributed by atoms with Gasteiger partial charge in [-0.15, -0.1) is 0 Å². The second-order valence-electron chi connectivity index (χ2n) is 4.25. The predicted molar refractivity (Wildman–Crippen MR) is 74.7 cm³/mol. The molecule has 0 aromatic heterocycles. The molecule has 17 heavy (non-hydrogen) atoms. The van der Waals surface area contributed by atoms with Crippen LogP contribution < -0.4 is 11.1 Å². The van der Waals surface area contributed by atoms with Gasteiger partial charge in [0.25, 0.3) is 0 Å². The molecule has 0 heterocycles. The van der Waals surface area contributed by atoms with Crippen LogP contribution in [0, 0.1) is 6.92 Å². The summed E-state index contributed by atoms with van der Waals surface area (Å²) in [6.45, 7) is 4.23. The second-order valence-corrected chi connectivity index (χ2v) is 4.25. The maximum absolute atomic E-state index is 5.79. The number of nitrogen functional groups attached to an aromatic ring is 1. The number of nitrogens with two attached hydrogens (primary N) is 1. The first-order valence-electron chi connectivity index (χ1n) is 5.91. The number of rotatable bonds is 3. The standard InChI is InChI=1S/C15H18N2/c1-3-12-5-8-14(9-6-12)17-15-10-13(16)7-4-11(15)2/h4-10,17H,3,16H2,1-2H3. The Bertz CT molecular complexity index is 501. The Hall–Kier alpha value is -1.96. The maximum atomic E-state index is 5.79. The van der Waals surface area contributed by atoms with Crippen LogP contribution in [0.25, 0.3) is 0 Å². The van der Waals surface area contributed by atoms with Gasteiger partial charge in [0.15, 0.2) is 0 Å². The molecule has 0 bridgehead atoms. The Morgan fingerprint density at radius 1 is 1.06 bits per heavy atom. The van der Waals surface area contributed by atoms with E-state index in [1.807, 2.05) is 18.2 Å². The normalized spacial score (nSPS) is 10.2. The molecule has 0 atom stereocenters. The average molecular weight is 226 g/mol. The number of hydrogen-bond acceptors (Lipinski definition) is 2. The Morgan fingerprint density at radius 2 is 1.76 bits per heavy atom. The van der Waals surface area contributed by atoms with Crippen LogP contribution in [-0.4, -0.2) is 0 Å². The molecule has 2 rings (SSSR count). The van der Waals surface area contributed by atoms with Crippen molar-refractivity contribution < 1.29 is 0 Å². The lowest BCUT2D eigenvalue weighted by atomic mass is 10.1. The summed E-state index contributed by atoms with van der Waals surface area (Å²) in [5, 5.41) is 3.38. The van der Waals surface area contributed by atoms with E-state index in [9.17, 15) is 0 Å². The molecule has 0 amide bonds. The number of aryl methyl sites for hydroxylation is 2. The van der Waals surface area contributed by atoms with Crippen LogP contribution in [-0.2, 0) is 6.42 Å². The Labute approximate surface area is 102 Å². The lowest BCUT2D eigenvalue weighted by molar-refractivity contribution is 1.14. The van der Waals surface area contributed by atoms with Crippen LogP contribution >= 0.6 is 0 Å². The first-order valence-corrected chi connectivity index (χ1v) is 5.91. The highest BCUT2D eigenvalue weighted by molar-refractivity contribution is 5.67. The van der Waals surface area contributed by atoms with E-state index in [0.717, 1.165) is 23.5 Å². The minimum atomic E-state index is 0.781. The van der Waals surface area contributed by atoms with Gasteiger partial charge in [0.2, 0.25) is 0 Å². The smallest absolute Gasteiger partial charge is 0.0434 e. The third-order valence-corrected chi connectivity index (χ3v) is 2.90. The van der Waals surface area contributed by atoms with Crippen LogP contribution in [0.15, 0.2) is 42.5 Å². The van der Waals surface area contributed by atoms with Crippen molar-refractivity contribution in [3.63, 3.8) is 0 Å². The van der Waals surface area contributed by atoms with Crippen LogP contribution in [0.3, 0.4) is 0 Å². The molecule has 2 heteroatoms. The molecule has 0 aliphatic heterocycles. The topological polar surface area (TPSA) is 38.0 Å². The summed E-state index contributed by atoms with van der Waals surface area (Å²) >= 11 is 0. The molecule has 88 valence electrons. The van der Waals surface area contributed by atoms with Crippen molar-refractivity contribution in [2.24, 2.45) is 0 Å². The summed E-state index contributed by atoms with van der Waals surface area (Å²) < 4.78 is 0. The highest BCUT2D eigenvalue weighted by Crippen LogP contribution is 2.23.